The SMILES string of the molecule is CN(Cc1cscn1)c1ccc([N+](=O)[O-])cc1CO. The Kier molecular flexibility index (Phi) is 4.08. The molecule has 0 radical (unpaired) electrons. The van der Waals surface area contributed by atoms with Gasteiger partial charge in [0.25, 0.3) is 5.69 Å². The molecule has 6 nitrogen and oxygen atoms in total. The van der Waals surface area contributed by atoms with E-state index < -0.39 is 4.92 Å². The quantitative estimate of drug-likeness (QED) is 0.670. The number of aromatic nitrogens is 1. The molecule has 0 atom stereocenters. The highest BCUT2D eigenvalue weighted by Gasteiger charge is 2.13. The Labute approximate surface area is 114 Å². The summed E-state index contributed by atoms with van der Waals surface area (Å²) in [6, 6.07) is 4.48. The van der Waals surface area contributed by atoms with Gasteiger partial charge in [-0.25, -0.2) is 4.98 Å². The number of benzene rings is 1. The number of nitrogens with zero attached hydrogens (tertiary/aromatic N) is 3. The number of nitro benzene ring substituents is 1. The number of hydrogen-bond donors (Lipinski definition) is 1. The molecule has 100 valence electrons. The largest absolute Gasteiger partial charge is 0.392 e. The molecule has 0 fully saturated rings. The molecule has 1 aromatic carbocycles. The van der Waals surface area contributed by atoms with Crippen molar-refractivity contribution in [1.82, 2.24) is 4.98 Å². The second-order valence-corrected chi connectivity index (χ2v) is 4.78. The minimum absolute atomic E-state index is 0.0186. The predicted octanol–water partition coefficient (Wildman–Crippen LogP) is 2.18. The second-order valence-electron chi connectivity index (χ2n) is 4.06. The molecule has 0 spiro atoms. The van der Waals surface area contributed by atoms with E-state index in [-0.39, 0.29) is 12.3 Å². The Morgan fingerprint density at radius 1 is 1.53 bits per heavy atom. The first-order valence-corrected chi connectivity index (χ1v) is 6.52. The van der Waals surface area contributed by atoms with E-state index in [0.717, 1.165) is 11.4 Å². The van der Waals surface area contributed by atoms with Gasteiger partial charge in [0.1, 0.15) is 0 Å². The highest BCUT2D eigenvalue weighted by Crippen LogP contribution is 2.25. The molecule has 0 amide bonds. The highest BCUT2D eigenvalue weighted by atomic mass is 32.1. The number of rotatable bonds is 5. The van der Waals surface area contributed by atoms with Gasteiger partial charge in [-0.15, -0.1) is 11.3 Å². The van der Waals surface area contributed by atoms with Crippen molar-refractivity contribution in [2.75, 3.05) is 11.9 Å². The zero-order valence-corrected chi connectivity index (χ0v) is 11.1. The molecule has 1 heterocycles. The molecular formula is C12H13N3O3S. The molecular weight excluding hydrogens is 266 g/mol. The lowest BCUT2D eigenvalue weighted by Gasteiger charge is -2.20. The monoisotopic (exact) mass is 279 g/mol. The summed E-state index contributed by atoms with van der Waals surface area (Å²) < 4.78 is 0. The van der Waals surface area contributed by atoms with Gasteiger partial charge in [-0.2, -0.15) is 0 Å². The van der Waals surface area contributed by atoms with Crippen LogP contribution in [0.25, 0.3) is 0 Å². The number of anilines is 1. The van der Waals surface area contributed by atoms with E-state index in [1.54, 1.807) is 11.6 Å². The Hall–Kier alpha value is -1.99. The van der Waals surface area contributed by atoms with Gasteiger partial charge in [-0.3, -0.25) is 10.1 Å². The van der Waals surface area contributed by atoms with Gasteiger partial charge >= 0.3 is 0 Å². The molecule has 0 saturated carbocycles. The average Bonchev–Trinajstić information content (AvgIpc) is 2.90. The number of aliphatic hydroxyl groups is 1. The van der Waals surface area contributed by atoms with E-state index in [1.165, 1.54) is 23.5 Å². The second kappa shape index (κ2) is 5.77. The van der Waals surface area contributed by atoms with Crippen LogP contribution in [0.15, 0.2) is 29.1 Å². The Morgan fingerprint density at radius 2 is 2.32 bits per heavy atom. The zero-order valence-electron chi connectivity index (χ0n) is 10.3. The topological polar surface area (TPSA) is 79.5 Å². The molecule has 0 unspecified atom stereocenters. The van der Waals surface area contributed by atoms with E-state index in [4.69, 9.17) is 0 Å². The first-order chi connectivity index (χ1) is 9.11. The molecule has 2 rings (SSSR count). The minimum Gasteiger partial charge on any atom is -0.392 e. The molecule has 0 bridgehead atoms. The zero-order chi connectivity index (χ0) is 13.8. The van der Waals surface area contributed by atoms with Crippen LogP contribution in [0.5, 0.6) is 0 Å². The van der Waals surface area contributed by atoms with E-state index in [9.17, 15) is 15.2 Å². The van der Waals surface area contributed by atoms with Crippen molar-refractivity contribution < 1.29 is 10.0 Å². The van der Waals surface area contributed by atoms with Crippen LogP contribution in [0.2, 0.25) is 0 Å². The maximum atomic E-state index is 10.7. The number of nitro groups is 1. The summed E-state index contributed by atoms with van der Waals surface area (Å²) in [5.41, 5.74) is 3.96. The lowest BCUT2D eigenvalue weighted by Crippen LogP contribution is -2.18. The van der Waals surface area contributed by atoms with Crippen LogP contribution in [0.4, 0.5) is 11.4 Å². The summed E-state index contributed by atoms with van der Waals surface area (Å²) >= 11 is 1.52. The smallest absolute Gasteiger partial charge is 0.269 e. The van der Waals surface area contributed by atoms with Crippen molar-refractivity contribution in [2.24, 2.45) is 0 Å². The van der Waals surface area contributed by atoms with E-state index in [0.29, 0.717) is 12.1 Å². The van der Waals surface area contributed by atoms with Crippen molar-refractivity contribution in [2.45, 2.75) is 13.2 Å². The first kappa shape index (κ1) is 13.4. The first-order valence-electron chi connectivity index (χ1n) is 5.58. The number of non-ortho nitro benzene ring substituents is 1. The van der Waals surface area contributed by atoms with Crippen LogP contribution in [-0.4, -0.2) is 22.1 Å². The molecule has 1 N–H and O–H groups in total. The summed E-state index contributed by atoms with van der Waals surface area (Å²) in [7, 11) is 1.86. The third-order valence-electron chi connectivity index (χ3n) is 2.74. The average molecular weight is 279 g/mol. The summed E-state index contributed by atoms with van der Waals surface area (Å²) in [6.07, 6.45) is 0. The van der Waals surface area contributed by atoms with Crippen LogP contribution in [-0.2, 0) is 13.2 Å². The fraction of sp³-hybridized carbons (Fsp3) is 0.250. The van der Waals surface area contributed by atoms with E-state index in [1.807, 2.05) is 17.3 Å². The molecule has 0 aliphatic heterocycles. The molecule has 2 aromatic rings. The molecule has 19 heavy (non-hydrogen) atoms. The fourth-order valence-corrected chi connectivity index (χ4v) is 2.38. The van der Waals surface area contributed by atoms with Gasteiger partial charge in [0, 0.05) is 35.8 Å². The van der Waals surface area contributed by atoms with E-state index >= 15 is 0 Å². The maximum absolute atomic E-state index is 10.7. The van der Waals surface area contributed by atoms with Gasteiger partial charge in [0.15, 0.2) is 0 Å². The summed E-state index contributed by atoms with van der Waals surface area (Å²) in [5.74, 6) is 0. The van der Waals surface area contributed by atoms with Crippen LogP contribution >= 0.6 is 11.3 Å². The molecule has 0 aliphatic rings. The normalized spacial score (nSPS) is 10.4. The highest BCUT2D eigenvalue weighted by molar-refractivity contribution is 7.07. The fourth-order valence-electron chi connectivity index (χ4n) is 1.83. The van der Waals surface area contributed by atoms with Crippen molar-refractivity contribution >= 4 is 22.7 Å². The molecule has 0 aliphatic carbocycles. The summed E-state index contributed by atoms with van der Waals surface area (Å²) in [6.45, 7) is 0.354. The van der Waals surface area contributed by atoms with Gasteiger partial charge in [-0.1, -0.05) is 0 Å². The predicted molar refractivity (Wildman–Crippen MR) is 73.2 cm³/mol. The van der Waals surface area contributed by atoms with Crippen molar-refractivity contribution in [3.63, 3.8) is 0 Å². The maximum Gasteiger partial charge on any atom is 0.269 e. The van der Waals surface area contributed by atoms with Gasteiger partial charge in [0.05, 0.1) is 29.3 Å². The van der Waals surface area contributed by atoms with E-state index in [2.05, 4.69) is 4.98 Å². The third-order valence-corrected chi connectivity index (χ3v) is 3.37. The van der Waals surface area contributed by atoms with Gasteiger partial charge < -0.3 is 10.0 Å². The minimum atomic E-state index is -0.469. The third kappa shape index (κ3) is 3.07. The Balaban J connectivity index is 2.25. The summed E-state index contributed by atoms with van der Waals surface area (Å²) in [4.78, 5) is 16.3. The summed E-state index contributed by atoms with van der Waals surface area (Å²) in [5, 5.41) is 22.0. The van der Waals surface area contributed by atoms with Crippen LogP contribution in [0, 0.1) is 10.1 Å². The number of aliphatic hydroxyl groups excluding tert-OH is 1. The Morgan fingerprint density at radius 3 is 2.89 bits per heavy atom. The Bertz CT molecular complexity index is 572. The van der Waals surface area contributed by atoms with Crippen LogP contribution in [0.3, 0.4) is 0 Å². The molecule has 1 aromatic heterocycles. The lowest BCUT2D eigenvalue weighted by atomic mass is 10.1. The lowest BCUT2D eigenvalue weighted by molar-refractivity contribution is -0.384. The number of hydrogen-bond acceptors (Lipinski definition) is 6. The van der Waals surface area contributed by atoms with Gasteiger partial charge in [0.2, 0.25) is 0 Å². The van der Waals surface area contributed by atoms with Crippen LogP contribution in [0.1, 0.15) is 11.3 Å². The molecule has 7 heteroatoms. The van der Waals surface area contributed by atoms with Gasteiger partial charge in [-0.05, 0) is 6.07 Å². The van der Waals surface area contributed by atoms with Crippen molar-refractivity contribution in [3.05, 3.63) is 50.5 Å². The molecule has 0 saturated heterocycles. The number of thiazole rings is 1. The standard InChI is InChI=1S/C12H13N3O3S/c1-14(5-10-7-19-8-13-10)12-3-2-11(15(17)18)4-9(12)6-16/h2-4,7-8,16H,5-6H2,1H3. The van der Waals surface area contributed by atoms with Crippen molar-refractivity contribution in [3.8, 4) is 0 Å². The van der Waals surface area contributed by atoms with Crippen LogP contribution < -0.4 is 4.90 Å². The van der Waals surface area contributed by atoms with Crippen molar-refractivity contribution in [1.29, 1.82) is 0 Å².